The van der Waals surface area contributed by atoms with Crippen molar-refractivity contribution in [1.82, 2.24) is 0 Å². The van der Waals surface area contributed by atoms with E-state index < -0.39 is 6.10 Å². The smallest absolute Gasteiger partial charge is 0.265 e. The van der Waals surface area contributed by atoms with Crippen molar-refractivity contribution < 1.29 is 14.3 Å². The Morgan fingerprint density at radius 1 is 1.00 bits per heavy atom. The monoisotopic (exact) mass is 395 g/mol. The SMILES string of the molecule is Cc1cc(OC(C)C(=O)Nc2ccc(OCc3ccccc3)cc2)ccc1Cl. The predicted octanol–water partition coefficient (Wildman–Crippen LogP) is 5.63. The molecule has 0 aliphatic heterocycles. The Bertz CT molecular complexity index is 926. The fourth-order valence-corrected chi connectivity index (χ4v) is 2.68. The third-order valence-electron chi connectivity index (χ3n) is 4.18. The fourth-order valence-electron chi connectivity index (χ4n) is 2.57. The minimum absolute atomic E-state index is 0.231. The van der Waals surface area contributed by atoms with Crippen molar-refractivity contribution in [3.63, 3.8) is 0 Å². The zero-order chi connectivity index (χ0) is 19.9. The van der Waals surface area contributed by atoms with Crippen LogP contribution in [0.3, 0.4) is 0 Å². The van der Waals surface area contributed by atoms with Gasteiger partial charge in [0.15, 0.2) is 6.10 Å². The highest BCUT2D eigenvalue weighted by Gasteiger charge is 2.15. The van der Waals surface area contributed by atoms with E-state index in [1.54, 1.807) is 31.2 Å². The lowest BCUT2D eigenvalue weighted by molar-refractivity contribution is -0.122. The molecule has 0 bridgehead atoms. The Labute approximate surface area is 170 Å². The summed E-state index contributed by atoms with van der Waals surface area (Å²) in [5.41, 5.74) is 2.68. The van der Waals surface area contributed by atoms with Gasteiger partial charge in [-0.25, -0.2) is 0 Å². The fraction of sp³-hybridized carbons (Fsp3) is 0.174. The Morgan fingerprint density at radius 3 is 2.36 bits per heavy atom. The standard InChI is InChI=1S/C23H22ClNO3/c1-16-14-21(12-13-22(16)24)28-17(2)23(26)25-19-8-10-20(11-9-19)27-15-18-6-4-3-5-7-18/h3-14,17H,15H2,1-2H3,(H,25,26). The van der Waals surface area contributed by atoms with Crippen LogP contribution in [0, 0.1) is 6.92 Å². The molecule has 0 fully saturated rings. The third-order valence-corrected chi connectivity index (χ3v) is 4.61. The van der Waals surface area contributed by atoms with Crippen LogP contribution in [-0.4, -0.2) is 12.0 Å². The second kappa shape index (κ2) is 9.29. The highest BCUT2D eigenvalue weighted by Crippen LogP contribution is 2.22. The second-order valence-electron chi connectivity index (χ2n) is 6.46. The molecule has 1 unspecified atom stereocenters. The zero-order valence-electron chi connectivity index (χ0n) is 15.8. The topological polar surface area (TPSA) is 47.6 Å². The number of carbonyl (C=O) groups excluding carboxylic acids is 1. The molecular formula is C23H22ClNO3. The second-order valence-corrected chi connectivity index (χ2v) is 6.87. The Hall–Kier alpha value is -2.98. The number of hydrogen-bond donors (Lipinski definition) is 1. The van der Waals surface area contributed by atoms with Gasteiger partial charge >= 0.3 is 0 Å². The minimum Gasteiger partial charge on any atom is -0.489 e. The first-order valence-electron chi connectivity index (χ1n) is 9.02. The lowest BCUT2D eigenvalue weighted by Crippen LogP contribution is -2.30. The van der Waals surface area contributed by atoms with Gasteiger partial charge < -0.3 is 14.8 Å². The van der Waals surface area contributed by atoms with Crippen molar-refractivity contribution in [2.75, 3.05) is 5.32 Å². The summed E-state index contributed by atoms with van der Waals surface area (Å²) in [6.07, 6.45) is -0.644. The van der Waals surface area contributed by atoms with Crippen LogP contribution in [0.15, 0.2) is 72.8 Å². The number of benzene rings is 3. The van der Waals surface area contributed by atoms with Crippen molar-refractivity contribution in [2.45, 2.75) is 26.6 Å². The molecule has 0 saturated carbocycles. The average Bonchev–Trinajstić information content (AvgIpc) is 2.71. The molecule has 0 radical (unpaired) electrons. The van der Waals surface area contributed by atoms with E-state index in [2.05, 4.69) is 5.32 Å². The van der Waals surface area contributed by atoms with Crippen LogP contribution in [0.25, 0.3) is 0 Å². The molecule has 1 atom stereocenters. The summed E-state index contributed by atoms with van der Waals surface area (Å²) >= 11 is 6.01. The van der Waals surface area contributed by atoms with Crippen LogP contribution in [0.2, 0.25) is 5.02 Å². The first kappa shape index (κ1) is 19.8. The van der Waals surface area contributed by atoms with Crippen molar-refractivity contribution in [2.24, 2.45) is 0 Å². The van der Waals surface area contributed by atoms with Gasteiger partial charge in [-0.1, -0.05) is 41.9 Å². The number of amides is 1. The van der Waals surface area contributed by atoms with Crippen molar-refractivity contribution in [3.8, 4) is 11.5 Å². The lowest BCUT2D eigenvalue weighted by Gasteiger charge is -2.15. The molecule has 0 aromatic heterocycles. The molecule has 1 N–H and O–H groups in total. The molecule has 4 nitrogen and oxygen atoms in total. The first-order chi connectivity index (χ1) is 13.5. The van der Waals surface area contributed by atoms with Gasteiger partial charge in [-0.2, -0.15) is 0 Å². The van der Waals surface area contributed by atoms with E-state index in [0.717, 1.165) is 16.9 Å². The number of carbonyl (C=O) groups is 1. The van der Waals surface area contributed by atoms with Gasteiger partial charge in [0.2, 0.25) is 0 Å². The van der Waals surface area contributed by atoms with E-state index >= 15 is 0 Å². The largest absolute Gasteiger partial charge is 0.489 e. The molecule has 0 heterocycles. The molecule has 1 amide bonds. The van der Waals surface area contributed by atoms with Gasteiger partial charge in [0.05, 0.1) is 0 Å². The Balaban J connectivity index is 1.52. The molecule has 0 spiro atoms. The molecule has 3 aromatic carbocycles. The van der Waals surface area contributed by atoms with E-state index in [-0.39, 0.29) is 5.91 Å². The summed E-state index contributed by atoms with van der Waals surface area (Å²) in [7, 11) is 0. The van der Waals surface area contributed by atoms with Gasteiger partial charge in [0.25, 0.3) is 5.91 Å². The van der Waals surface area contributed by atoms with Crippen LogP contribution >= 0.6 is 11.6 Å². The highest BCUT2D eigenvalue weighted by molar-refractivity contribution is 6.31. The normalized spacial score (nSPS) is 11.5. The van der Waals surface area contributed by atoms with Crippen LogP contribution in [0.5, 0.6) is 11.5 Å². The number of nitrogens with one attached hydrogen (secondary N) is 1. The summed E-state index contributed by atoms with van der Waals surface area (Å²) < 4.78 is 11.5. The molecular weight excluding hydrogens is 374 g/mol. The average molecular weight is 396 g/mol. The Morgan fingerprint density at radius 2 is 1.68 bits per heavy atom. The molecule has 0 saturated heterocycles. The molecule has 3 aromatic rings. The van der Waals surface area contributed by atoms with E-state index in [4.69, 9.17) is 21.1 Å². The summed E-state index contributed by atoms with van der Waals surface area (Å²) in [5, 5.41) is 3.51. The molecule has 0 aliphatic rings. The number of halogens is 1. The van der Waals surface area contributed by atoms with Gasteiger partial charge in [0, 0.05) is 10.7 Å². The lowest BCUT2D eigenvalue weighted by atomic mass is 10.2. The van der Waals surface area contributed by atoms with E-state index in [0.29, 0.717) is 23.1 Å². The number of ether oxygens (including phenoxy) is 2. The third kappa shape index (κ3) is 5.51. The van der Waals surface area contributed by atoms with Gasteiger partial charge in [-0.05, 0) is 67.4 Å². The van der Waals surface area contributed by atoms with E-state index in [9.17, 15) is 4.79 Å². The van der Waals surface area contributed by atoms with Crippen LogP contribution in [0.1, 0.15) is 18.1 Å². The molecule has 5 heteroatoms. The summed E-state index contributed by atoms with van der Waals surface area (Å²) in [4.78, 5) is 12.4. The number of aryl methyl sites for hydroxylation is 1. The quantitative estimate of drug-likeness (QED) is 0.563. The maximum Gasteiger partial charge on any atom is 0.265 e. The van der Waals surface area contributed by atoms with Gasteiger partial charge in [-0.15, -0.1) is 0 Å². The van der Waals surface area contributed by atoms with Crippen molar-refractivity contribution in [3.05, 3.63) is 88.9 Å². The summed E-state index contributed by atoms with van der Waals surface area (Å²) in [6.45, 7) is 4.09. The number of anilines is 1. The molecule has 3 rings (SSSR count). The van der Waals surface area contributed by atoms with Crippen molar-refractivity contribution >= 4 is 23.2 Å². The predicted molar refractivity (Wildman–Crippen MR) is 112 cm³/mol. The molecule has 0 aliphatic carbocycles. The number of hydrogen-bond acceptors (Lipinski definition) is 3. The van der Waals surface area contributed by atoms with E-state index in [1.807, 2.05) is 55.5 Å². The van der Waals surface area contributed by atoms with Gasteiger partial charge in [-0.3, -0.25) is 4.79 Å². The zero-order valence-corrected chi connectivity index (χ0v) is 16.6. The minimum atomic E-state index is -0.644. The molecule has 144 valence electrons. The van der Waals surface area contributed by atoms with Crippen LogP contribution in [-0.2, 0) is 11.4 Å². The van der Waals surface area contributed by atoms with Crippen LogP contribution < -0.4 is 14.8 Å². The van der Waals surface area contributed by atoms with Crippen LogP contribution in [0.4, 0.5) is 5.69 Å². The van der Waals surface area contributed by atoms with Gasteiger partial charge in [0.1, 0.15) is 18.1 Å². The maximum absolute atomic E-state index is 12.4. The molecule has 28 heavy (non-hydrogen) atoms. The summed E-state index contributed by atoms with van der Waals surface area (Å²) in [5.74, 6) is 1.11. The Kier molecular flexibility index (Phi) is 6.56. The first-order valence-corrected chi connectivity index (χ1v) is 9.39. The maximum atomic E-state index is 12.4. The number of rotatable bonds is 7. The summed E-state index contributed by atoms with van der Waals surface area (Å²) in [6, 6.07) is 22.5. The van der Waals surface area contributed by atoms with E-state index in [1.165, 1.54) is 0 Å². The van der Waals surface area contributed by atoms with Crippen molar-refractivity contribution in [1.29, 1.82) is 0 Å². The highest BCUT2D eigenvalue weighted by atomic mass is 35.5.